The van der Waals surface area contributed by atoms with E-state index in [1.54, 1.807) is 0 Å². The van der Waals surface area contributed by atoms with E-state index in [4.69, 9.17) is 11.5 Å². The number of nitrogens with two attached hydrogens (primary N) is 2. The maximum absolute atomic E-state index is 5.79. The second kappa shape index (κ2) is 4.31. The number of aliphatic imine (C=N–C) groups is 1. The quantitative estimate of drug-likeness (QED) is 0.493. The van der Waals surface area contributed by atoms with Gasteiger partial charge in [-0.05, 0) is 19.4 Å². The fourth-order valence-corrected chi connectivity index (χ4v) is 1.12. The van der Waals surface area contributed by atoms with Crippen LogP contribution in [0.4, 0.5) is 0 Å². The number of hydrogen-bond donors (Lipinski definition) is 3. The molecule has 0 amide bonds. The molecular formula is C7H16N4. The van der Waals surface area contributed by atoms with Crippen LogP contribution in [-0.2, 0) is 0 Å². The molecule has 0 spiro atoms. The lowest BCUT2D eigenvalue weighted by Gasteiger charge is -2.19. The summed E-state index contributed by atoms with van der Waals surface area (Å²) in [6.07, 6.45) is 1.92. The largest absolute Gasteiger partial charge is 0.372 e. The van der Waals surface area contributed by atoms with Crippen molar-refractivity contribution >= 4 is 5.84 Å². The Kier molecular flexibility index (Phi) is 3.32. The second-order valence-corrected chi connectivity index (χ2v) is 2.73. The normalized spacial score (nSPS) is 20.4. The Labute approximate surface area is 67.0 Å². The van der Waals surface area contributed by atoms with Gasteiger partial charge in [-0.25, -0.2) is 0 Å². The Bertz CT molecular complexity index is 143. The van der Waals surface area contributed by atoms with Crippen LogP contribution in [0.15, 0.2) is 4.99 Å². The molecule has 11 heavy (non-hydrogen) atoms. The van der Waals surface area contributed by atoms with Crippen LogP contribution >= 0.6 is 0 Å². The molecule has 0 aromatic rings. The highest BCUT2D eigenvalue weighted by Gasteiger charge is 2.11. The number of nitrogens with zero attached hydrogens (tertiary/aromatic N) is 1. The van der Waals surface area contributed by atoms with E-state index in [1.807, 2.05) is 0 Å². The monoisotopic (exact) mass is 156 g/mol. The van der Waals surface area contributed by atoms with Crippen LogP contribution < -0.4 is 16.8 Å². The van der Waals surface area contributed by atoms with Crippen molar-refractivity contribution in [3.8, 4) is 0 Å². The molecule has 5 N–H and O–H groups in total. The molecule has 0 saturated carbocycles. The fourth-order valence-electron chi connectivity index (χ4n) is 1.12. The SMILES string of the molecule is NCCC(N)C1=NCCCN1. The van der Waals surface area contributed by atoms with Crippen molar-refractivity contribution in [3.05, 3.63) is 0 Å². The number of rotatable bonds is 3. The van der Waals surface area contributed by atoms with Gasteiger partial charge in [0.2, 0.25) is 0 Å². The first-order chi connectivity index (χ1) is 5.34. The summed E-state index contributed by atoms with van der Waals surface area (Å²) in [6.45, 7) is 2.53. The van der Waals surface area contributed by atoms with Gasteiger partial charge in [-0.3, -0.25) is 4.99 Å². The molecule has 0 fully saturated rings. The van der Waals surface area contributed by atoms with E-state index >= 15 is 0 Å². The molecular weight excluding hydrogens is 140 g/mol. The van der Waals surface area contributed by atoms with E-state index < -0.39 is 0 Å². The molecule has 64 valence electrons. The predicted molar refractivity (Wildman–Crippen MR) is 46.6 cm³/mol. The maximum Gasteiger partial charge on any atom is 0.113 e. The smallest absolute Gasteiger partial charge is 0.113 e. The molecule has 0 aromatic heterocycles. The lowest BCUT2D eigenvalue weighted by atomic mass is 10.2. The third-order valence-electron chi connectivity index (χ3n) is 1.75. The molecule has 4 nitrogen and oxygen atoms in total. The topological polar surface area (TPSA) is 76.4 Å². The summed E-state index contributed by atoms with van der Waals surface area (Å²) in [4.78, 5) is 4.27. The lowest BCUT2D eigenvalue weighted by Crippen LogP contribution is -2.44. The van der Waals surface area contributed by atoms with Crippen LogP contribution in [0.25, 0.3) is 0 Å². The zero-order valence-electron chi connectivity index (χ0n) is 6.71. The summed E-state index contributed by atoms with van der Waals surface area (Å²) in [6, 6.07) is 0.0142. The second-order valence-electron chi connectivity index (χ2n) is 2.73. The van der Waals surface area contributed by atoms with Gasteiger partial charge in [0.15, 0.2) is 0 Å². The highest BCUT2D eigenvalue weighted by molar-refractivity contribution is 5.87. The number of nitrogens with one attached hydrogen (secondary N) is 1. The van der Waals surface area contributed by atoms with Crippen LogP contribution in [0, 0.1) is 0 Å². The van der Waals surface area contributed by atoms with Gasteiger partial charge in [0.1, 0.15) is 5.84 Å². The average molecular weight is 156 g/mol. The van der Waals surface area contributed by atoms with E-state index in [-0.39, 0.29) is 6.04 Å². The highest BCUT2D eigenvalue weighted by Crippen LogP contribution is 1.95. The van der Waals surface area contributed by atoms with E-state index in [0.29, 0.717) is 6.54 Å². The van der Waals surface area contributed by atoms with Gasteiger partial charge in [-0.15, -0.1) is 0 Å². The van der Waals surface area contributed by atoms with E-state index in [9.17, 15) is 0 Å². The Hall–Kier alpha value is -0.610. The summed E-state index contributed by atoms with van der Waals surface area (Å²) in [7, 11) is 0. The molecule has 0 aliphatic carbocycles. The lowest BCUT2D eigenvalue weighted by molar-refractivity contribution is 0.672. The third-order valence-corrected chi connectivity index (χ3v) is 1.75. The molecule has 0 bridgehead atoms. The van der Waals surface area contributed by atoms with Crippen LogP contribution in [0.3, 0.4) is 0 Å². The van der Waals surface area contributed by atoms with Gasteiger partial charge in [0.05, 0.1) is 6.04 Å². The molecule has 1 rings (SSSR count). The molecule has 1 unspecified atom stereocenters. The molecule has 0 radical (unpaired) electrons. The highest BCUT2D eigenvalue weighted by atomic mass is 15.0. The van der Waals surface area contributed by atoms with Crippen molar-refractivity contribution in [1.29, 1.82) is 0 Å². The standard InChI is InChI=1S/C7H16N4/c8-3-2-6(9)7-10-4-1-5-11-7/h6H,1-5,8-9H2,(H,10,11). The van der Waals surface area contributed by atoms with Gasteiger partial charge in [0.25, 0.3) is 0 Å². The summed E-state index contributed by atoms with van der Waals surface area (Å²) < 4.78 is 0. The van der Waals surface area contributed by atoms with Gasteiger partial charge >= 0.3 is 0 Å². The summed E-state index contributed by atoms with van der Waals surface area (Å²) in [5, 5.41) is 3.17. The van der Waals surface area contributed by atoms with Crippen molar-refractivity contribution < 1.29 is 0 Å². The summed E-state index contributed by atoms with van der Waals surface area (Å²) >= 11 is 0. The van der Waals surface area contributed by atoms with Gasteiger partial charge in [-0.1, -0.05) is 0 Å². The van der Waals surface area contributed by atoms with Gasteiger partial charge in [0, 0.05) is 13.1 Å². The molecule has 0 saturated heterocycles. The molecule has 1 atom stereocenters. The zero-order valence-corrected chi connectivity index (χ0v) is 6.71. The van der Waals surface area contributed by atoms with Crippen molar-refractivity contribution in [1.82, 2.24) is 5.32 Å². The van der Waals surface area contributed by atoms with Crippen LogP contribution in [-0.4, -0.2) is 31.5 Å². The third kappa shape index (κ3) is 2.48. The van der Waals surface area contributed by atoms with Crippen molar-refractivity contribution in [2.45, 2.75) is 18.9 Å². The van der Waals surface area contributed by atoms with Crippen LogP contribution in [0.1, 0.15) is 12.8 Å². The molecule has 1 aliphatic heterocycles. The minimum atomic E-state index is 0.0142. The Balaban J connectivity index is 2.37. The Morgan fingerprint density at radius 1 is 1.64 bits per heavy atom. The first kappa shape index (κ1) is 8.49. The Morgan fingerprint density at radius 3 is 3.00 bits per heavy atom. The maximum atomic E-state index is 5.79. The molecule has 0 aromatic carbocycles. The average Bonchev–Trinajstić information content (AvgIpc) is 2.07. The van der Waals surface area contributed by atoms with E-state index in [0.717, 1.165) is 31.8 Å². The molecule has 1 aliphatic rings. The van der Waals surface area contributed by atoms with Crippen molar-refractivity contribution in [2.24, 2.45) is 16.5 Å². The predicted octanol–water partition coefficient (Wildman–Crippen LogP) is -0.946. The first-order valence-electron chi connectivity index (χ1n) is 4.08. The van der Waals surface area contributed by atoms with Crippen molar-refractivity contribution in [3.63, 3.8) is 0 Å². The first-order valence-corrected chi connectivity index (χ1v) is 4.08. The van der Waals surface area contributed by atoms with Crippen LogP contribution in [0.5, 0.6) is 0 Å². The fraction of sp³-hybridized carbons (Fsp3) is 0.857. The van der Waals surface area contributed by atoms with Gasteiger partial charge in [-0.2, -0.15) is 0 Å². The number of hydrogen-bond acceptors (Lipinski definition) is 4. The van der Waals surface area contributed by atoms with E-state index in [2.05, 4.69) is 10.3 Å². The number of amidine groups is 1. The van der Waals surface area contributed by atoms with Crippen molar-refractivity contribution in [2.75, 3.05) is 19.6 Å². The van der Waals surface area contributed by atoms with Gasteiger partial charge < -0.3 is 16.8 Å². The minimum absolute atomic E-state index is 0.0142. The summed E-state index contributed by atoms with van der Waals surface area (Å²) in [5.74, 6) is 0.932. The van der Waals surface area contributed by atoms with Crippen LogP contribution in [0.2, 0.25) is 0 Å². The summed E-state index contributed by atoms with van der Waals surface area (Å²) in [5.41, 5.74) is 11.2. The van der Waals surface area contributed by atoms with E-state index in [1.165, 1.54) is 0 Å². The zero-order chi connectivity index (χ0) is 8.10. The molecule has 4 heteroatoms. The molecule has 1 heterocycles. The minimum Gasteiger partial charge on any atom is -0.372 e. The Morgan fingerprint density at radius 2 is 2.45 bits per heavy atom.